The van der Waals surface area contributed by atoms with Gasteiger partial charge in [0.05, 0.1) is 11.0 Å². The molecule has 52 heavy (non-hydrogen) atoms. The van der Waals surface area contributed by atoms with E-state index in [1.807, 2.05) is 60.7 Å². The number of aromatic nitrogens is 5. The molecule has 0 fully saturated rings. The van der Waals surface area contributed by atoms with E-state index >= 15 is 0 Å². The Kier molecular flexibility index (Phi) is 7.03. The Balaban J connectivity index is 1.20. The van der Waals surface area contributed by atoms with Gasteiger partial charge in [0.2, 0.25) is 11.8 Å². The Bertz CT molecular complexity index is 2880. The molecular formula is C46H29N5O. The SMILES string of the molecule is c1ccc(-c2ccc(-c3nc(-c4cccc5oc(-c6ccccc6)nc45)nc(-n4c5ccccc5c5cc(-c6ccccc6)ccc54)n3)cc2)cc1. The van der Waals surface area contributed by atoms with E-state index in [0.717, 1.165) is 55.2 Å². The van der Waals surface area contributed by atoms with Crippen LogP contribution < -0.4 is 0 Å². The number of hydrogen-bond donors (Lipinski definition) is 0. The highest BCUT2D eigenvalue weighted by Gasteiger charge is 2.21. The molecule has 244 valence electrons. The molecule has 0 unspecified atom stereocenters. The van der Waals surface area contributed by atoms with Crippen molar-refractivity contribution in [2.24, 2.45) is 0 Å². The highest BCUT2D eigenvalue weighted by Crippen LogP contribution is 2.36. The summed E-state index contributed by atoms with van der Waals surface area (Å²) in [5.74, 6) is 2.15. The predicted octanol–water partition coefficient (Wildman–Crippen LogP) is 11.4. The second-order valence-corrected chi connectivity index (χ2v) is 12.7. The van der Waals surface area contributed by atoms with Gasteiger partial charge in [-0.25, -0.2) is 9.97 Å². The van der Waals surface area contributed by atoms with Crippen molar-refractivity contribution in [1.82, 2.24) is 24.5 Å². The van der Waals surface area contributed by atoms with Gasteiger partial charge in [-0.1, -0.05) is 133 Å². The molecule has 7 aromatic carbocycles. The summed E-state index contributed by atoms with van der Waals surface area (Å²) >= 11 is 0. The van der Waals surface area contributed by atoms with Crippen LogP contribution in [0.25, 0.3) is 95.3 Å². The summed E-state index contributed by atoms with van der Waals surface area (Å²) in [5, 5.41) is 2.25. The van der Waals surface area contributed by atoms with Crippen LogP contribution in [0.1, 0.15) is 0 Å². The number of hydrogen-bond acceptors (Lipinski definition) is 5. The molecule has 6 nitrogen and oxygen atoms in total. The third-order valence-corrected chi connectivity index (χ3v) is 9.53. The Hall–Kier alpha value is -7.18. The zero-order valence-electron chi connectivity index (χ0n) is 27.9. The van der Waals surface area contributed by atoms with Crippen molar-refractivity contribution in [3.63, 3.8) is 0 Å². The fourth-order valence-corrected chi connectivity index (χ4v) is 6.99. The van der Waals surface area contributed by atoms with Crippen molar-refractivity contribution in [3.8, 4) is 62.4 Å². The molecular weight excluding hydrogens is 639 g/mol. The highest BCUT2D eigenvalue weighted by atomic mass is 16.3. The average molecular weight is 668 g/mol. The van der Waals surface area contributed by atoms with E-state index in [0.29, 0.717) is 34.6 Å². The molecule has 0 saturated heterocycles. The number of fused-ring (bicyclic) bond motifs is 4. The molecule has 0 amide bonds. The lowest BCUT2D eigenvalue weighted by molar-refractivity contribution is 0.620. The quantitative estimate of drug-likeness (QED) is 0.176. The standard InChI is InChI=1S/C46H29N5O/c1-4-13-30(14-5-1)32-23-25-33(26-24-32)43-48-44(37-20-12-22-41-42(37)47-45(52-41)34-17-8-3-9-18-34)50-46(49-43)51-39-21-11-10-19-36(39)38-29-35(27-28-40(38)51)31-15-6-2-7-16-31/h1-29H. The minimum Gasteiger partial charge on any atom is -0.436 e. The number of nitrogens with zero attached hydrogens (tertiary/aromatic N) is 5. The number of rotatable bonds is 6. The van der Waals surface area contributed by atoms with Gasteiger partial charge < -0.3 is 4.42 Å². The van der Waals surface area contributed by atoms with Crippen LogP contribution in [0.2, 0.25) is 0 Å². The molecule has 0 aliphatic carbocycles. The first-order chi connectivity index (χ1) is 25.8. The van der Waals surface area contributed by atoms with E-state index < -0.39 is 0 Å². The third kappa shape index (κ3) is 5.13. The molecule has 6 heteroatoms. The molecule has 0 aliphatic rings. The minimum absolute atomic E-state index is 0.512. The molecule has 0 spiro atoms. The Morgan fingerprint density at radius 1 is 0.385 bits per heavy atom. The summed E-state index contributed by atoms with van der Waals surface area (Å²) in [6.07, 6.45) is 0. The maximum Gasteiger partial charge on any atom is 0.238 e. The number of oxazole rings is 1. The maximum atomic E-state index is 6.26. The van der Waals surface area contributed by atoms with Gasteiger partial charge in [0.15, 0.2) is 17.2 Å². The monoisotopic (exact) mass is 667 g/mol. The Morgan fingerprint density at radius 3 is 1.71 bits per heavy atom. The van der Waals surface area contributed by atoms with Crippen LogP contribution in [0.4, 0.5) is 0 Å². The van der Waals surface area contributed by atoms with Crippen molar-refractivity contribution in [1.29, 1.82) is 0 Å². The lowest BCUT2D eigenvalue weighted by Crippen LogP contribution is -2.06. The Morgan fingerprint density at radius 2 is 0.962 bits per heavy atom. The number of para-hydroxylation sites is 2. The summed E-state index contributed by atoms with van der Waals surface area (Å²) in [5.41, 5.74) is 10.5. The van der Waals surface area contributed by atoms with E-state index in [9.17, 15) is 0 Å². The Labute approximate surface area is 299 Å². The molecule has 0 aliphatic heterocycles. The van der Waals surface area contributed by atoms with E-state index in [-0.39, 0.29) is 0 Å². The van der Waals surface area contributed by atoms with Gasteiger partial charge in [-0.15, -0.1) is 0 Å². The summed E-state index contributed by atoms with van der Waals surface area (Å²) in [6, 6.07) is 60.0. The van der Waals surface area contributed by atoms with Crippen LogP contribution >= 0.6 is 0 Å². The van der Waals surface area contributed by atoms with Crippen LogP contribution in [0.15, 0.2) is 180 Å². The van der Waals surface area contributed by atoms with Crippen LogP contribution in [-0.2, 0) is 0 Å². The largest absolute Gasteiger partial charge is 0.436 e. The van der Waals surface area contributed by atoms with Crippen molar-refractivity contribution < 1.29 is 4.42 Å². The van der Waals surface area contributed by atoms with Crippen LogP contribution in [0, 0.1) is 0 Å². The smallest absolute Gasteiger partial charge is 0.238 e. The zero-order chi connectivity index (χ0) is 34.4. The molecule has 0 bridgehead atoms. The first kappa shape index (κ1) is 29.7. The zero-order valence-corrected chi connectivity index (χ0v) is 27.9. The van der Waals surface area contributed by atoms with Crippen molar-refractivity contribution in [3.05, 3.63) is 176 Å². The molecule has 3 heterocycles. The van der Waals surface area contributed by atoms with Crippen molar-refractivity contribution in [2.75, 3.05) is 0 Å². The highest BCUT2D eigenvalue weighted by molar-refractivity contribution is 6.10. The van der Waals surface area contributed by atoms with Crippen molar-refractivity contribution in [2.45, 2.75) is 0 Å². The molecule has 0 N–H and O–H groups in total. The van der Waals surface area contributed by atoms with Gasteiger partial charge >= 0.3 is 0 Å². The van der Waals surface area contributed by atoms with E-state index in [1.165, 1.54) is 5.56 Å². The second-order valence-electron chi connectivity index (χ2n) is 12.7. The molecule has 0 atom stereocenters. The summed E-state index contributed by atoms with van der Waals surface area (Å²) in [6.45, 7) is 0. The summed E-state index contributed by atoms with van der Waals surface area (Å²) in [4.78, 5) is 20.5. The molecule has 10 aromatic rings. The predicted molar refractivity (Wildman–Crippen MR) is 209 cm³/mol. The average Bonchev–Trinajstić information content (AvgIpc) is 3.81. The molecule has 10 rings (SSSR count). The van der Waals surface area contributed by atoms with Gasteiger partial charge in [0.1, 0.15) is 5.52 Å². The second kappa shape index (κ2) is 12.3. The van der Waals surface area contributed by atoms with Crippen LogP contribution in [0.3, 0.4) is 0 Å². The topological polar surface area (TPSA) is 69.6 Å². The fraction of sp³-hybridized carbons (Fsp3) is 0. The van der Waals surface area contributed by atoms with E-state index in [2.05, 4.69) is 120 Å². The van der Waals surface area contributed by atoms with E-state index in [4.69, 9.17) is 24.4 Å². The lowest BCUT2D eigenvalue weighted by atomic mass is 10.0. The minimum atomic E-state index is 0.512. The first-order valence-electron chi connectivity index (χ1n) is 17.2. The van der Waals surface area contributed by atoms with Gasteiger partial charge in [-0.3, -0.25) is 4.57 Å². The lowest BCUT2D eigenvalue weighted by Gasteiger charge is -2.11. The van der Waals surface area contributed by atoms with Crippen LogP contribution in [0.5, 0.6) is 0 Å². The summed E-state index contributed by atoms with van der Waals surface area (Å²) in [7, 11) is 0. The van der Waals surface area contributed by atoms with Gasteiger partial charge in [0.25, 0.3) is 0 Å². The summed E-state index contributed by atoms with van der Waals surface area (Å²) < 4.78 is 8.41. The first-order valence-corrected chi connectivity index (χ1v) is 17.2. The van der Waals surface area contributed by atoms with Gasteiger partial charge in [-0.2, -0.15) is 9.97 Å². The van der Waals surface area contributed by atoms with Gasteiger partial charge in [0, 0.05) is 27.5 Å². The molecule has 0 radical (unpaired) electrons. The normalized spacial score (nSPS) is 11.5. The van der Waals surface area contributed by atoms with Crippen LogP contribution in [-0.4, -0.2) is 24.5 Å². The fourth-order valence-electron chi connectivity index (χ4n) is 6.99. The van der Waals surface area contributed by atoms with Crippen molar-refractivity contribution >= 4 is 32.9 Å². The molecule has 3 aromatic heterocycles. The maximum absolute atomic E-state index is 6.26. The molecule has 0 saturated carbocycles. The van der Waals surface area contributed by atoms with E-state index in [1.54, 1.807) is 0 Å². The third-order valence-electron chi connectivity index (χ3n) is 9.53. The van der Waals surface area contributed by atoms with Gasteiger partial charge in [-0.05, 0) is 64.7 Å². The number of benzene rings is 7.